The predicted octanol–water partition coefficient (Wildman–Crippen LogP) is 4.75. The molecule has 0 aromatic heterocycles. The third-order valence-corrected chi connectivity index (χ3v) is 6.40. The van der Waals surface area contributed by atoms with Crippen LogP contribution in [0.15, 0.2) is 54.3 Å². The van der Waals surface area contributed by atoms with Crippen LogP contribution >= 0.6 is 0 Å². The molecular formula is C28H44N2O3. The van der Waals surface area contributed by atoms with E-state index in [1.807, 2.05) is 39.0 Å². The molecule has 0 spiro atoms. The first-order chi connectivity index (χ1) is 15.8. The van der Waals surface area contributed by atoms with Gasteiger partial charge in [-0.1, -0.05) is 51.6 Å². The van der Waals surface area contributed by atoms with Crippen LogP contribution < -0.4 is 10.1 Å². The first-order valence-electron chi connectivity index (χ1n) is 12.3. The maximum Gasteiger partial charge on any atom is 0.122 e. The van der Waals surface area contributed by atoms with Gasteiger partial charge in [-0.25, -0.2) is 0 Å². The summed E-state index contributed by atoms with van der Waals surface area (Å²) in [6.45, 7) is 21.0. The smallest absolute Gasteiger partial charge is 0.122 e. The van der Waals surface area contributed by atoms with Crippen LogP contribution in [0.25, 0.3) is 0 Å². The summed E-state index contributed by atoms with van der Waals surface area (Å²) >= 11 is 0. The molecule has 1 aromatic carbocycles. The average Bonchev–Trinajstić information content (AvgIpc) is 2.81. The van der Waals surface area contributed by atoms with Gasteiger partial charge in [0, 0.05) is 38.1 Å². The van der Waals surface area contributed by atoms with Crippen molar-refractivity contribution in [2.45, 2.75) is 59.0 Å². The lowest BCUT2D eigenvalue weighted by molar-refractivity contribution is 0.104. The topological polar surface area (TPSA) is 54.0 Å². The van der Waals surface area contributed by atoms with E-state index < -0.39 is 6.10 Å². The highest BCUT2D eigenvalue weighted by Crippen LogP contribution is 2.34. The predicted molar refractivity (Wildman–Crippen MR) is 138 cm³/mol. The summed E-state index contributed by atoms with van der Waals surface area (Å²) in [7, 11) is 0. The second-order valence-electron chi connectivity index (χ2n) is 9.38. The Balaban J connectivity index is 1.96. The van der Waals surface area contributed by atoms with Gasteiger partial charge in [-0.05, 0) is 55.5 Å². The number of allylic oxidation sites excluding steroid dienone is 5. The molecule has 1 heterocycles. The van der Waals surface area contributed by atoms with Gasteiger partial charge in [0.25, 0.3) is 0 Å². The van der Waals surface area contributed by atoms with E-state index in [-0.39, 0.29) is 5.41 Å². The number of benzene rings is 1. The quantitative estimate of drug-likeness (QED) is 0.255. The zero-order chi connectivity index (χ0) is 24.3. The maximum atomic E-state index is 9.77. The molecule has 0 radical (unpaired) electrons. The molecule has 1 aliphatic rings. The van der Waals surface area contributed by atoms with Crippen molar-refractivity contribution in [3.05, 3.63) is 65.5 Å². The molecule has 0 amide bonds. The molecule has 5 heteroatoms. The number of nitrogens with one attached hydrogen (secondary N) is 1. The Morgan fingerprint density at radius 2 is 2.00 bits per heavy atom. The van der Waals surface area contributed by atoms with Gasteiger partial charge in [0.2, 0.25) is 0 Å². The van der Waals surface area contributed by atoms with Gasteiger partial charge in [-0.3, -0.25) is 0 Å². The van der Waals surface area contributed by atoms with Crippen molar-refractivity contribution in [2.24, 2.45) is 0 Å². The molecule has 1 atom stereocenters. The lowest BCUT2D eigenvalue weighted by atomic mass is 9.77. The first kappa shape index (κ1) is 27.2. The Labute approximate surface area is 201 Å². The second kappa shape index (κ2) is 13.6. The van der Waals surface area contributed by atoms with E-state index >= 15 is 0 Å². The minimum atomic E-state index is -0.435. The lowest BCUT2D eigenvalue weighted by Crippen LogP contribution is -2.43. The maximum absolute atomic E-state index is 9.77. The molecule has 2 rings (SSSR count). The number of aliphatic hydroxyl groups is 1. The number of rotatable bonds is 13. The number of aliphatic hydroxyl groups excluding tert-OH is 1. The number of hydrogen-bond acceptors (Lipinski definition) is 5. The molecule has 1 fully saturated rings. The van der Waals surface area contributed by atoms with E-state index in [4.69, 9.17) is 9.47 Å². The molecule has 0 saturated carbocycles. The second-order valence-corrected chi connectivity index (χ2v) is 9.38. The van der Waals surface area contributed by atoms with Crippen molar-refractivity contribution >= 4 is 0 Å². The summed E-state index contributed by atoms with van der Waals surface area (Å²) in [5.41, 5.74) is 3.16. The van der Waals surface area contributed by atoms with E-state index in [1.54, 1.807) is 0 Å². The molecule has 1 saturated heterocycles. The highest BCUT2D eigenvalue weighted by molar-refractivity contribution is 5.46. The van der Waals surface area contributed by atoms with Gasteiger partial charge in [-0.15, -0.1) is 0 Å². The van der Waals surface area contributed by atoms with Crippen LogP contribution in [0.4, 0.5) is 0 Å². The Morgan fingerprint density at radius 1 is 1.27 bits per heavy atom. The first-order valence-corrected chi connectivity index (χ1v) is 12.3. The zero-order valence-corrected chi connectivity index (χ0v) is 21.3. The minimum Gasteiger partial charge on any atom is -0.498 e. The van der Waals surface area contributed by atoms with Gasteiger partial charge in [0.05, 0.1) is 18.5 Å². The lowest BCUT2D eigenvalue weighted by Gasteiger charge is -2.28. The number of piperazine rings is 1. The molecule has 0 aliphatic carbocycles. The highest BCUT2D eigenvalue weighted by Gasteiger charge is 2.24. The number of nitrogens with zero attached hydrogens (tertiary/aromatic N) is 1. The van der Waals surface area contributed by atoms with E-state index in [0.717, 1.165) is 68.4 Å². The average molecular weight is 457 g/mol. The minimum absolute atomic E-state index is 0.215. The van der Waals surface area contributed by atoms with Crippen molar-refractivity contribution in [3.63, 3.8) is 0 Å². The van der Waals surface area contributed by atoms with E-state index in [0.29, 0.717) is 13.0 Å². The summed E-state index contributed by atoms with van der Waals surface area (Å²) in [5.74, 6) is 1.73. The van der Waals surface area contributed by atoms with Crippen LogP contribution in [0.1, 0.15) is 51.7 Å². The Bertz CT molecular complexity index is 807. The Kier molecular flexibility index (Phi) is 11.2. The van der Waals surface area contributed by atoms with Crippen LogP contribution in [-0.2, 0) is 10.2 Å². The molecule has 184 valence electrons. The molecular weight excluding hydrogens is 412 g/mol. The van der Waals surface area contributed by atoms with Crippen molar-refractivity contribution in [1.29, 1.82) is 0 Å². The van der Waals surface area contributed by atoms with Gasteiger partial charge in [0.15, 0.2) is 0 Å². The number of aryl methyl sites for hydroxylation is 1. The fourth-order valence-electron chi connectivity index (χ4n) is 3.91. The summed E-state index contributed by atoms with van der Waals surface area (Å²) < 4.78 is 11.7. The third-order valence-electron chi connectivity index (χ3n) is 6.40. The highest BCUT2D eigenvalue weighted by atomic mass is 16.5. The Morgan fingerprint density at radius 3 is 2.64 bits per heavy atom. The van der Waals surface area contributed by atoms with Crippen LogP contribution in [0.2, 0.25) is 0 Å². The summed E-state index contributed by atoms with van der Waals surface area (Å²) in [5, 5.41) is 13.2. The third kappa shape index (κ3) is 8.65. The summed E-state index contributed by atoms with van der Waals surface area (Å²) in [6.07, 6.45) is 7.36. The molecule has 0 bridgehead atoms. The largest absolute Gasteiger partial charge is 0.498 e. The fourth-order valence-corrected chi connectivity index (χ4v) is 3.91. The Hall–Kier alpha value is -2.08. The van der Waals surface area contributed by atoms with Crippen LogP contribution in [0.3, 0.4) is 0 Å². The normalized spacial score (nSPS) is 17.0. The van der Waals surface area contributed by atoms with Gasteiger partial charge < -0.3 is 24.8 Å². The molecule has 2 N–H and O–H groups in total. The van der Waals surface area contributed by atoms with Crippen LogP contribution in [0, 0.1) is 6.92 Å². The van der Waals surface area contributed by atoms with Crippen molar-refractivity contribution in [1.82, 2.24) is 10.2 Å². The molecule has 1 aliphatic heterocycles. The fraction of sp³-hybridized carbons (Fsp3) is 0.571. The standard InChI is InChI=1S/C28H44N2O3/c1-7-24(11-10-23(4)32-19-9-16-30-17-14-29-15-18-30)28(5,6)25-12-13-27(22(3)20-25)33-21-26(31)8-2/h7,10-13,20,26,29,31H,1,8-9,14-19,21H2,2-6H3/b23-10+,24-11+/t26-/m0/s1. The van der Waals surface area contributed by atoms with Crippen molar-refractivity contribution in [3.8, 4) is 5.75 Å². The van der Waals surface area contributed by atoms with Crippen molar-refractivity contribution in [2.75, 3.05) is 45.9 Å². The van der Waals surface area contributed by atoms with Crippen LogP contribution in [0.5, 0.6) is 5.75 Å². The number of ether oxygens (including phenoxy) is 2. The zero-order valence-electron chi connectivity index (χ0n) is 21.3. The SMILES string of the molecule is C=C/C(=C\C=C(/C)OCCCN1CCNCC1)C(C)(C)c1ccc(OC[C@@H](O)CC)c(C)c1. The van der Waals surface area contributed by atoms with Gasteiger partial charge in [-0.2, -0.15) is 0 Å². The molecule has 33 heavy (non-hydrogen) atoms. The van der Waals surface area contributed by atoms with E-state index in [9.17, 15) is 5.11 Å². The van der Waals surface area contributed by atoms with E-state index in [1.165, 1.54) is 5.56 Å². The number of hydrogen-bond donors (Lipinski definition) is 2. The molecule has 1 aromatic rings. The van der Waals surface area contributed by atoms with Crippen LogP contribution in [-0.4, -0.2) is 62.0 Å². The summed E-state index contributed by atoms with van der Waals surface area (Å²) in [6, 6.07) is 6.26. The van der Waals surface area contributed by atoms with Gasteiger partial charge >= 0.3 is 0 Å². The van der Waals surface area contributed by atoms with Crippen molar-refractivity contribution < 1.29 is 14.6 Å². The summed E-state index contributed by atoms with van der Waals surface area (Å²) in [4.78, 5) is 2.49. The molecule has 0 unspecified atom stereocenters. The molecule has 5 nitrogen and oxygen atoms in total. The van der Waals surface area contributed by atoms with Gasteiger partial charge in [0.1, 0.15) is 12.4 Å². The van der Waals surface area contributed by atoms with E-state index in [2.05, 4.69) is 48.9 Å². The monoisotopic (exact) mass is 456 g/mol.